The van der Waals surface area contributed by atoms with Crippen molar-refractivity contribution in [1.29, 1.82) is 0 Å². The molecular formula is C13H12F5N3OS. The van der Waals surface area contributed by atoms with Gasteiger partial charge in [0.1, 0.15) is 5.75 Å². The van der Waals surface area contributed by atoms with E-state index in [0.29, 0.717) is 22.2 Å². The van der Waals surface area contributed by atoms with Crippen LogP contribution in [0.5, 0.6) is 5.75 Å². The summed E-state index contributed by atoms with van der Waals surface area (Å²) >= 11 is 1.32. The lowest BCUT2D eigenvalue weighted by atomic mass is 10.2. The van der Waals surface area contributed by atoms with E-state index in [4.69, 9.17) is 0 Å². The predicted molar refractivity (Wildman–Crippen MR) is 73.6 cm³/mol. The Bertz CT molecular complexity index is 646. The minimum atomic E-state index is -5.65. The number of hydrogen-bond acceptors (Lipinski definition) is 4. The lowest BCUT2D eigenvalue weighted by molar-refractivity contribution is -0.290. The number of ether oxygens (including phenoxy) is 1. The summed E-state index contributed by atoms with van der Waals surface area (Å²) in [5, 5.41) is 0.640. The van der Waals surface area contributed by atoms with E-state index in [0.717, 1.165) is 0 Å². The second-order valence-corrected chi connectivity index (χ2v) is 5.52. The number of alkyl halides is 5. The number of pyridine rings is 1. The first-order valence-electron chi connectivity index (χ1n) is 6.35. The Kier molecular flexibility index (Phi) is 5.12. The van der Waals surface area contributed by atoms with Gasteiger partial charge in [-0.25, -0.2) is 4.98 Å². The summed E-state index contributed by atoms with van der Waals surface area (Å²) in [4.78, 5) is 11.0. The first-order valence-corrected chi connectivity index (χ1v) is 7.33. The summed E-state index contributed by atoms with van der Waals surface area (Å²) in [5.74, 6) is -4.60. The van der Waals surface area contributed by atoms with Crippen molar-refractivity contribution in [1.82, 2.24) is 15.0 Å². The van der Waals surface area contributed by atoms with Crippen molar-refractivity contribution >= 4 is 11.8 Å². The van der Waals surface area contributed by atoms with Gasteiger partial charge in [-0.3, -0.25) is 4.98 Å². The molecule has 0 atom stereocenters. The molecule has 0 aromatic carbocycles. The van der Waals surface area contributed by atoms with Crippen LogP contribution in [0.3, 0.4) is 0 Å². The van der Waals surface area contributed by atoms with E-state index in [1.165, 1.54) is 24.0 Å². The summed E-state index contributed by atoms with van der Waals surface area (Å²) in [6.07, 6.45) is -1.14. The highest BCUT2D eigenvalue weighted by Crippen LogP contribution is 2.36. The molecule has 0 amide bonds. The molecule has 2 aromatic rings. The number of H-pyrrole nitrogens is 1. The summed E-state index contributed by atoms with van der Waals surface area (Å²) in [7, 11) is 0. The van der Waals surface area contributed by atoms with Gasteiger partial charge in [-0.2, -0.15) is 22.0 Å². The van der Waals surface area contributed by atoms with Crippen molar-refractivity contribution in [2.75, 3.05) is 6.61 Å². The minimum absolute atomic E-state index is 0.0565. The molecule has 2 aromatic heterocycles. The first kappa shape index (κ1) is 17.5. The van der Waals surface area contributed by atoms with Crippen LogP contribution in [0, 0.1) is 6.92 Å². The molecule has 0 spiro atoms. The number of nitrogens with zero attached hydrogens (tertiary/aromatic N) is 2. The van der Waals surface area contributed by atoms with Gasteiger partial charge in [0.25, 0.3) is 0 Å². The fraction of sp³-hybridized carbons (Fsp3) is 0.385. The highest BCUT2D eigenvalue weighted by atomic mass is 32.2. The van der Waals surface area contributed by atoms with Crippen molar-refractivity contribution in [3.8, 4) is 5.75 Å². The van der Waals surface area contributed by atoms with E-state index in [9.17, 15) is 22.0 Å². The van der Waals surface area contributed by atoms with E-state index >= 15 is 0 Å². The molecule has 4 nitrogen and oxygen atoms in total. The number of nitrogens with one attached hydrogen (secondary N) is 1. The number of aromatic amines is 1. The van der Waals surface area contributed by atoms with Crippen LogP contribution in [-0.2, 0) is 5.75 Å². The normalized spacial score (nSPS) is 12.4. The molecule has 0 aliphatic carbocycles. The third-order valence-corrected chi connectivity index (χ3v) is 3.82. The van der Waals surface area contributed by atoms with Crippen LogP contribution in [0.2, 0.25) is 0 Å². The van der Waals surface area contributed by atoms with Gasteiger partial charge in [-0.1, -0.05) is 11.8 Å². The minimum Gasteiger partial charge on any atom is -0.487 e. The maximum absolute atomic E-state index is 12.9. The Balaban J connectivity index is 2.04. The lowest BCUT2D eigenvalue weighted by Crippen LogP contribution is -2.41. The topological polar surface area (TPSA) is 50.8 Å². The predicted octanol–water partition coefficient (Wildman–Crippen LogP) is 3.98. The fourth-order valence-electron chi connectivity index (χ4n) is 1.58. The molecule has 0 fully saturated rings. The van der Waals surface area contributed by atoms with E-state index in [1.54, 1.807) is 19.3 Å². The highest BCUT2D eigenvalue weighted by molar-refractivity contribution is 7.98. The van der Waals surface area contributed by atoms with Crippen molar-refractivity contribution in [3.05, 3.63) is 35.9 Å². The number of thioether (sulfide) groups is 1. The molecule has 0 aliphatic rings. The molecular weight excluding hydrogens is 341 g/mol. The van der Waals surface area contributed by atoms with E-state index < -0.39 is 18.7 Å². The first-order chi connectivity index (χ1) is 10.7. The van der Waals surface area contributed by atoms with Gasteiger partial charge in [-0.05, 0) is 13.0 Å². The molecule has 126 valence electrons. The quantitative estimate of drug-likeness (QED) is 0.630. The van der Waals surface area contributed by atoms with Crippen LogP contribution in [0.4, 0.5) is 22.0 Å². The van der Waals surface area contributed by atoms with Crippen LogP contribution < -0.4 is 4.74 Å². The maximum Gasteiger partial charge on any atom is 0.456 e. The van der Waals surface area contributed by atoms with Crippen molar-refractivity contribution in [2.24, 2.45) is 0 Å². The molecule has 0 radical (unpaired) electrons. The zero-order valence-electron chi connectivity index (χ0n) is 11.8. The molecule has 0 aliphatic heterocycles. The highest BCUT2D eigenvalue weighted by Gasteiger charge is 2.58. The molecule has 0 unspecified atom stereocenters. The molecule has 2 heterocycles. The summed E-state index contributed by atoms with van der Waals surface area (Å²) in [6, 6.07) is 1.25. The van der Waals surface area contributed by atoms with Crippen molar-refractivity contribution in [2.45, 2.75) is 29.9 Å². The third-order valence-electron chi connectivity index (χ3n) is 2.90. The molecule has 0 saturated heterocycles. The van der Waals surface area contributed by atoms with Gasteiger partial charge in [0, 0.05) is 29.9 Å². The number of halogens is 5. The number of rotatable bonds is 6. The van der Waals surface area contributed by atoms with Gasteiger partial charge >= 0.3 is 12.1 Å². The van der Waals surface area contributed by atoms with Crippen LogP contribution in [0.15, 0.2) is 29.8 Å². The Labute approximate surface area is 132 Å². The number of hydrogen-bond donors (Lipinski definition) is 1. The Morgan fingerprint density at radius 2 is 1.91 bits per heavy atom. The van der Waals surface area contributed by atoms with Gasteiger partial charge in [0.05, 0.1) is 5.69 Å². The number of imidazole rings is 1. The SMILES string of the molecule is Cc1c(OCC(F)(F)C(F)(F)F)ccnc1CSc1ncc[nH]1. The zero-order chi connectivity index (χ0) is 17.1. The van der Waals surface area contributed by atoms with Gasteiger partial charge in [-0.15, -0.1) is 0 Å². The van der Waals surface area contributed by atoms with Crippen LogP contribution in [0.1, 0.15) is 11.3 Å². The Morgan fingerprint density at radius 1 is 1.17 bits per heavy atom. The molecule has 23 heavy (non-hydrogen) atoms. The Hall–Kier alpha value is -1.84. The zero-order valence-corrected chi connectivity index (χ0v) is 12.6. The second kappa shape index (κ2) is 6.73. The molecule has 0 bridgehead atoms. The molecule has 1 N–H and O–H groups in total. The van der Waals surface area contributed by atoms with Crippen LogP contribution in [-0.4, -0.2) is 33.7 Å². The fourth-order valence-corrected chi connectivity index (χ4v) is 2.43. The van der Waals surface area contributed by atoms with Gasteiger partial charge in [0.2, 0.25) is 0 Å². The monoisotopic (exact) mass is 353 g/mol. The van der Waals surface area contributed by atoms with Crippen LogP contribution in [0.25, 0.3) is 0 Å². The Morgan fingerprint density at radius 3 is 2.52 bits per heavy atom. The summed E-state index contributed by atoms with van der Waals surface area (Å²) in [6.45, 7) is -0.224. The van der Waals surface area contributed by atoms with E-state index in [-0.39, 0.29) is 5.75 Å². The van der Waals surface area contributed by atoms with Crippen LogP contribution >= 0.6 is 11.8 Å². The van der Waals surface area contributed by atoms with E-state index in [2.05, 4.69) is 19.7 Å². The third kappa shape index (κ3) is 4.34. The van der Waals surface area contributed by atoms with Crippen molar-refractivity contribution in [3.63, 3.8) is 0 Å². The second-order valence-electron chi connectivity index (χ2n) is 4.55. The van der Waals surface area contributed by atoms with E-state index in [1.807, 2.05) is 0 Å². The average Bonchev–Trinajstić information content (AvgIpc) is 2.97. The van der Waals surface area contributed by atoms with Gasteiger partial charge < -0.3 is 9.72 Å². The average molecular weight is 353 g/mol. The lowest BCUT2D eigenvalue weighted by Gasteiger charge is -2.20. The smallest absolute Gasteiger partial charge is 0.456 e. The maximum atomic E-state index is 12.9. The largest absolute Gasteiger partial charge is 0.487 e. The number of aromatic nitrogens is 3. The van der Waals surface area contributed by atoms with Gasteiger partial charge in [0.15, 0.2) is 11.8 Å². The summed E-state index contributed by atoms with van der Waals surface area (Å²) in [5.41, 5.74) is 0.920. The standard InChI is InChI=1S/C13H12F5N3OS/c1-8-9(6-23-11-20-4-5-21-11)19-3-2-10(8)22-7-12(14,15)13(16,17)18/h2-5H,6-7H2,1H3,(H,20,21). The molecule has 10 heteroatoms. The van der Waals surface area contributed by atoms with Crippen molar-refractivity contribution < 1.29 is 26.7 Å². The molecule has 2 rings (SSSR count). The molecule has 0 saturated carbocycles. The summed E-state index contributed by atoms with van der Waals surface area (Å²) < 4.78 is 66.9.